The number of carbonyl (C=O) groups is 2. The molecule has 3 heterocycles. The van der Waals surface area contributed by atoms with Crippen LogP contribution in [0, 0.1) is 13.8 Å². The molecule has 0 aromatic carbocycles. The lowest BCUT2D eigenvalue weighted by molar-refractivity contribution is -0.139. The van der Waals surface area contributed by atoms with E-state index in [1.807, 2.05) is 0 Å². The van der Waals surface area contributed by atoms with Crippen LogP contribution in [0.5, 0.6) is 0 Å². The molecule has 0 aliphatic heterocycles. The fourth-order valence-electron chi connectivity index (χ4n) is 2.55. The number of rotatable bonds is 4. The van der Waals surface area contributed by atoms with Gasteiger partial charge in [0.1, 0.15) is 6.61 Å². The van der Waals surface area contributed by atoms with Crippen LogP contribution in [0.4, 0.5) is 0 Å². The lowest BCUT2D eigenvalue weighted by Crippen LogP contribution is -2.19. The predicted octanol–water partition coefficient (Wildman–Crippen LogP) is 2.92. The van der Waals surface area contributed by atoms with Crippen LogP contribution in [-0.4, -0.2) is 30.9 Å². The van der Waals surface area contributed by atoms with E-state index in [0.29, 0.717) is 32.8 Å². The summed E-state index contributed by atoms with van der Waals surface area (Å²) in [4.78, 5) is 28.6. The van der Waals surface area contributed by atoms with Crippen molar-refractivity contribution in [3.63, 3.8) is 0 Å². The van der Waals surface area contributed by atoms with E-state index in [2.05, 4.69) is 10.1 Å². The molecule has 0 unspecified atom stereocenters. The second-order valence-corrected chi connectivity index (χ2v) is 6.39. The fourth-order valence-corrected chi connectivity index (χ4v) is 3.08. The molecule has 0 N–H and O–H groups in total. The number of pyridine rings is 1. The summed E-state index contributed by atoms with van der Waals surface area (Å²) in [7, 11) is 1.70. The Morgan fingerprint density at radius 2 is 1.96 bits per heavy atom. The summed E-state index contributed by atoms with van der Waals surface area (Å²) in [6.07, 6.45) is 3.26. The molecule has 0 spiro atoms. The SMILES string of the molecule is Cc1nn(C)c(C)c1C(=O)C(=O)OCc1cn2cc(Cl)cc(Cl)c2n1. The van der Waals surface area contributed by atoms with Gasteiger partial charge in [-0.05, 0) is 19.9 Å². The van der Waals surface area contributed by atoms with E-state index >= 15 is 0 Å². The van der Waals surface area contributed by atoms with Crippen molar-refractivity contribution in [3.8, 4) is 0 Å². The van der Waals surface area contributed by atoms with Gasteiger partial charge < -0.3 is 9.14 Å². The molecular formula is C16H14Cl2N4O3. The molecule has 0 amide bonds. The van der Waals surface area contributed by atoms with Crippen LogP contribution in [0.1, 0.15) is 27.4 Å². The maximum absolute atomic E-state index is 12.3. The molecule has 3 aromatic heterocycles. The maximum atomic E-state index is 12.3. The van der Waals surface area contributed by atoms with Gasteiger partial charge in [0, 0.05) is 25.1 Å². The molecule has 0 bridgehead atoms. The summed E-state index contributed by atoms with van der Waals surface area (Å²) >= 11 is 12.0. The highest BCUT2D eigenvalue weighted by molar-refractivity contribution is 6.41. The Kier molecular flexibility index (Phi) is 4.53. The number of aryl methyl sites for hydroxylation is 2. The molecule has 3 rings (SSSR count). The molecule has 9 heteroatoms. The van der Waals surface area contributed by atoms with Gasteiger partial charge in [-0.3, -0.25) is 9.48 Å². The molecule has 0 aliphatic rings. The van der Waals surface area contributed by atoms with Crippen LogP contribution in [0.2, 0.25) is 10.0 Å². The molecule has 25 heavy (non-hydrogen) atoms. The van der Waals surface area contributed by atoms with Gasteiger partial charge in [0.25, 0.3) is 5.78 Å². The second kappa shape index (κ2) is 6.50. The number of halogens is 2. The van der Waals surface area contributed by atoms with Gasteiger partial charge in [-0.2, -0.15) is 5.10 Å². The first kappa shape index (κ1) is 17.4. The standard InChI is InChI=1S/C16H14Cl2N4O3/c1-8-13(9(2)21(3)20-8)14(23)16(24)25-7-11-6-22-5-10(17)4-12(18)15(22)19-11/h4-6H,7H2,1-3H3. The third kappa shape index (κ3) is 3.25. The first-order valence-corrected chi connectivity index (χ1v) is 8.07. The average molecular weight is 381 g/mol. The highest BCUT2D eigenvalue weighted by atomic mass is 35.5. The Labute approximate surface area is 153 Å². The van der Waals surface area contributed by atoms with Gasteiger partial charge in [0.05, 0.1) is 27.0 Å². The number of carbonyl (C=O) groups excluding carboxylic acids is 2. The summed E-state index contributed by atoms with van der Waals surface area (Å²) in [6, 6.07) is 1.57. The number of aromatic nitrogens is 4. The smallest absolute Gasteiger partial charge is 0.380 e. The number of Topliss-reactive ketones (excluding diaryl/α,β-unsaturated/α-hetero) is 1. The summed E-state index contributed by atoms with van der Waals surface area (Å²) in [5.41, 5.74) is 2.29. The van der Waals surface area contributed by atoms with Gasteiger partial charge in [-0.1, -0.05) is 23.2 Å². The number of ketones is 1. The van der Waals surface area contributed by atoms with Gasteiger partial charge in [0.15, 0.2) is 5.65 Å². The predicted molar refractivity (Wildman–Crippen MR) is 92.0 cm³/mol. The topological polar surface area (TPSA) is 78.5 Å². The van der Waals surface area contributed by atoms with Crippen LogP contribution in [0.3, 0.4) is 0 Å². The molecule has 0 saturated carbocycles. The highest BCUT2D eigenvalue weighted by Crippen LogP contribution is 2.22. The first-order chi connectivity index (χ1) is 11.8. The molecule has 130 valence electrons. The van der Waals surface area contributed by atoms with Crippen LogP contribution in [0.15, 0.2) is 18.5 Å². The Balaban J connectivity index is 1.76. The zero-order valence-electron chi connectivity index (χ0n) is 13.7. The largest absolute Gasteiger partial charge is 0.453 e. The van der Waals surface area contributed by atoms with E-state index in [0.717, 1.165) is 0 Å². The van der Waals surface area contributed by atoms with Gasteiger partial charge in [0.2, 0.25) is 0 Å². The maximum Gasteiger partial charge on any atom is 0.380 e. The zero-order chi connectivity index (χ0) is 18.3. The van der Waals surface area contributed by atoms with Crippen molar-refractivity contribution in [1.82, 2.24) is 19.2 Å². The third-order valence-corrected chi connectivity index (χ3v) is 4.28. The van der Waals surface area contributed by atoms with Crippen molar-refractivity contribution in [2.24, 2.45) is 7.05 Å². The third-order valence-electron chi connectivity index (χ3n) is 3.80. The molecule has 0 radical (unpaired) electrons. The van der Waals surface area contributed by atoms with Crippen molar-refractivity contribution in [3.05, 3.63) is 51.2 Å². The Morgan fingerprint density at radius 1 is 1.24 bits per heavy atom. The van der Waals surface area contributed by atoms with E-state index in [1.54, 1.807) is 48.4 Å². The van der Waals surface area contributed by atoms with Gasteiger partial charge in [-0.15, -0.1) is 0 Å². The molecule has 3 aromatic rings. The number of imidazole rings is 1. The van der Waals surface area contributed by atoms with Crippen molar-refractivity contribution in [1.29, 1.82) is 0 Å². The first-order valence-electron chi connectivity index (χ1n) is 7.32. The molecular weight excluding hydrogens is 367 g/mol. The van der Waals surface area contributed by atoms with Crippen LogP contribution in [0.25, 0.3) is 5.65 Å². The number of hydrogen-bond donors (Lipinski definition) is 0. The average Bonchev–Trinajstić information content (AvgIpc) is 3.05. The fraction of sp³-hybridized carbons (Fsp3) is 0.250. The number of ether oxygens (including phenoxy) is 1. The van der Waals surface area contributed by atoms with Crippen molar-refractivity contribution in [2.45, 2.75) is 20.5 Å². The van der Waals surface area contributed by atoms with Crippen LogP contribution >= 0.6 is 23.2 Å². The Bertz CT molecular complexity index is 1010. The Hall–Kier alpha value is -2.38. The summed E-state index contributed by atoms with van der Waals surface area (Å²) < 4.78 is 8.26. The van der Waals surface area contributed by atoms with E-state index in [1.165, 1.54) is 0 Å². The van der Waals surface area contributed by atoms with Crippen molar-refractivity contribution < 1.29 is 14.3 Å². The molecule has 0 saturated heterocycles. The molecule has 0 atom stereocenters. The Morgan fingerprint density at radius 3 is 2.60 bits per heavy atom. The van der Waals surface area contributed by atoms with E-state index in [9.17, 15) is 9.59 Å². The second-order valence-electron chi connectivity index (χ2n) is 5.54. The minimum Gasteiger partial charge on any atom is -0.453 e. The van der Waals surface area contributed by atoms with E-state index < -0.39 is 11.8 Å². The number of fused-ring (bicyclic) bond motifs is 1. The number of nitrogens with zero attached hydrogens (tertiary/aromatic N) is 4. The van der Waals surface area contributed by atoms with E-state index in [4.69, 9.17) is 27.9 Å². The quantitative estimate of drug-likeness (QED) is 0.395. The lowest BCUT2D eigenvalue weighted by atomic mass is 10.1. The normalized spacial score (nSPS) is 11.1. The molecule has 0 fully saturated rings. The van der Waals surface area contributed by atoms with Crippen molar-refractivity contribution >= 4 is 40.6 Å². The number of esters is 1. The van der Waals surface area contributed by atoms with Crippen LogP contribution < -0.4 is 0 Å². The van der Waals surface area contributed by atoms with E-state index in [-0.39, 0.29) is 12.2 Å². The highest BCUT2D eigenvalue weighted by Gasteiger charge is 2.25. The zero-order valence-corrected chi connectivity index (χ0v) is 15.2. The summed E-state index contributed by atoms with van der Waals surface area (Å²) in [5.74, 6) is -1.69. The summed E-state index contributed by atoms with van der Waals surface area (Å²) in [6.45, 7) is 3.23. The van der Waals surface area contributed by atoms with Crippen LogP contribution in [-0.2, 0) is 23.2 Å². The number of hydrogen-bond acceptors (Lipinski definition) is 5. The van der Waals surface area contributed by atoms with Gasteiger partial charge in [-0.25, -0.2) is 9.78 Å². The minimum atomic E-state index is -0.958. The minimum absolute atomic E-state index is 0.154. The lowest BCUT2D eigenvalue weighted by Gasteiger charge is -2.02. The van der Waals surface area contributed by atoms with Gasteiger partial charge >= 0.3 is 5.97 Å². The summed E-state index contributed by atoms with van der Waals surface area (Å²) in [5, 5.41) is 4.96. The molecule has 7 nitrogen and oxygen atoms in total. The van der Waals surface area contributed by atoms with Crippen molar-refractivity contribution in [2.75, 3.05) is 0 Å². The monoisotopic (exact) mass is 380 g/mol. The molecule has 0 aliphatic carbocycles.